The van der Waals surface area contributed by atoms with E-state index in [0.717, 1.165) is 11.3 Å². The van der Waals surface area contributed by atoms with Crippen molar-refractivity contribution >= 4 is 17.4 Å². The van der Waals surface area contributed by atoms with Crippen molar-refractivity contribution < 1.29 is 14.3 Å². The molecule has 1 amide bonds. The van der Waals surface area contributed by atoms with Crippen LogP contribution in [0.1, 0.15) is 12.5 Å². The molecule has 1 heterocycles. The zero-order valence-electron chi connectivity index (χ0n) is 11.9. The van der Waals surface area contributed by atoms with Crippen molar-refractivity contribution in [3.8, 4) is 11.6 Å². The summed E-state index contributed by atoms with van der Waals surface area (Å²) in [5.74, 6) is 1.21. The second-order valence-electron chi connectivity index (χ2n) is 4.41. The minimum absolute atomic E-state index is 0.237. The average Bonchev–Trinajstić information content (AvgIpc) is 2.48. The van der Waals surface area contributed by atoms with E-state index < -0.39 is 0 Å². The van der Waals surface area contributed by atoms with E-state index in [1.165, 1.54) is 6.92 Å². The topological polar surface area (TPSA) is 86.5 Å². The van der Waals surface area contributed by atoms with Gasteiger partial charge in [0.1, 0.15) is 12.4 Å². The lowest BCUT2D eigenvalue weighted by atomic mass is 10.2. The number of carbonyl (C=O) groups is 1. The molecule has 6 nitrogen and oxygen atoms in total. The number of aromatic nitrogens is 1. The van der Waals surface area contributed by atoms with Crippen LogP contribution in [0.3, 0.4) is 0 Å². The smallest absolute Gasteiger partial charge is 0.222 e. The summed E-state index contributed by atoms with van der Waals surface area (Å²) in [6.45, 7) is 1.73. The second-order valence-corrected chi connectivity index (χ2v) is 4.41. The van der Waals surface area contributed by atoms with Crippen molar-refractivity contribution in [2.24, 2.45) is 0 Å². The van der Waals surface area contributed by atoms with Crippen LogP contribution in [0.25, 0.3) is 0 Å². The first-order valence-electron chi connectivity index (χ1n) is 6.38. The lowest BCUT2D eigenvalue weighted by molar-refractivity contribution is -0.114. The molecular weight excluding hydrogens is 270 g/mol. The average molecular weight is 287 g/mol. The minimum atomic E-state index is -0.237. The number of nitrogen functional groups attached to an aromatic ring is 1. The molecule has 0 radical (unpaired) electrons. The van der Waals surface area contributed by atoms with Crippen LogP contribution in [0, 0.1) is 0 Å². The Morgan fingerprint density at radius 1 is 1.33 bits per heavy atom. The number of methoxy groups -OCH3 is 1. The fraction of sp³-hybridized carbons (Fsp3) is 0.200. The number of hydrogen-bond donors (Lipinski definition) is 2. The van der Waals surface area contributed by atoms with Crippen LogP contribution in [0.2, 0.25) is 0 Å². The maximum absolute atomic E-state index is 11.1. The Kier molecular flexibility index (Phi) is 4.61. The van der Waals surface area contributed by atoms with Gasteiger partial charge in [0.25, 0.3) is 0 Å². The van der Waals surface area contributed by atoms with Crippen LogP contribution in [-0.4, -0.2) is 18.0 Å². The molecule has 3 N–H and O–H groups in total. The molecule has 0 fully saturated rings. The summed E-state index contributed by atoms with van der Waals surface area (Å²) >= 11 is 0. The van der Waals surface area contributed by atoms with Crippen molar-refractivity contribution in [1.29, 1.82) is 0 Å². The molecule has 0 aliphatic heterocycles. The molecule has 0 unspecified atom stereocenters. The summed E-state index contributed by atoms with van der Waals surface area (Å²) in [4.78, 5) is 15.2. The minimum Gasteiger partial charge on any atom is -0.497 e. The van der Waals surface area contributed by atoms with Crippen molar-refractivity contribution in [2.75, 3.05) is 18.2 Å². The van der Waals surface area contributed by atoms with Crippen LogP contribution in [-0.2, 0) is 11.4 Å². The highest BCUT2D eigenvalue weighted by molar-refractivity contribution is 5.90. The Morgan fingerprint density at radius 2 is 2.14 bits per heavy atom. The fourth-order valence-electron chi connectivity index (χ4n) is 1.72. The van der Waals surface area contributed by atoms with E-state index in [4.69, 9.17) is 15.2 Å². The normalized spacial score (nSPS) is 10.0. The zero-order chi connectivity index (χ0) is 15.2. The number of amides is 1. The largest absolute Gasteiger partial charge is 0.497 e. The van der Waals surface area contributed by atoms with Crippen LogP contribution in [0.4, 0.5) is 11.5 Å². The van der Waals surface area contributed by atoms with Crippen molar-refractivity contribution in [3.05, 3.63) is 42.0 Å². The molecule has 110 valence electrons. The van der Waals surface area contributed by atoms with E-state index >= 15 is 0 Å². The molecule has 0 aliphatic rings. The quantitative estimate of drug-likeness (QED) is 0.880. The fourth-order valence-corrected chi connectivity index (χ4v) is 1.72. The lowest BCUT2D eigenvalue weighted by Crippen LogP contribution is -2.10. The first kappa shape index (κ1) is 14.6. The summed E-state index contributed by atoms with van der Waals surface area (Å²) in [5, 5.41) is 2.55. The number of ether oxygens (including phenoxy) is 2. The number of carbonyl (C=O) groups excluding carboxylic acids is 1. The molecular formula is C15H17N3O3. The summed E-state index contributed by atoms with van der Waals surface area (Å²) in [7, 11) is 1.61. The Hall–Kier alpha value is -2.76. The molecule has 0 bridgehead atoms. The monoisotopic (exact) mass is 287 g/mol. The standard InChI is InChI=1S/C15H17N3O3/c1-10(19)17-15-13(16)6-7-14(18-15)21-9-11-4-3-5-12(8-11)20-2/h3-8H,9,16H2,1-2H3,(H,17,18,19). The van der Waals surface area contributed by atoms with E-state index in [1.54, 1.807) is 19.2 Å². The van der Waals surface area contributed by atoms with Crippen LogP contribution in [0.15, 0.2) is 36.4 Å². The summed E-state index contributed by atoms with van der Waals surface area (Å²) < 4.78 is 10.7. The maximum Gasteiger partial charge on any atom is 0.222 e. The molecule has 1 aromatic heterocycles. The number of benzene rings is 1. The van der Waals surface area contributed by atoms with Crippen molar-refractivity contribution in [3.63, 3.8) is 0 Å². The van der Waals surface area contributed by atoms with E-state index in [2.05, 4.69) is 10.3 Å². The molecule has 0 spiro atoms. The van der Waals surface area contributed by atoms with Gasteiger partial charge in [-0.2, -0.15) is 4.98 Å². The van der Waals surface area contributed by atoms with Gasteiger partial charge in [-0.25, -0.2) is 0 Å². The number of anilines is 2. The molecule has 1 aromatic carbocycles. The highest BCUT2D eigenvalue weighted by Crippen LogP contribution is 2.21. The van der Waals surface area contributed by atoms with Crippen molar-refractivity contribution in [2.45, 2.75) is 13.5 Å². The van der Waals surface area contributed by atoms with Gasteiger partial charge in [-0.3, -0.25) is 4.79 Å². The number of rotatable bonds is 5. The third-order valence-electron chi connectivity index (χ3n) is 2.72. The van der Waals surface area contributed by atoms with Gasteiger partial charge in [0, 0.05) is 13.0 Å². The van der Waals surface area contributed by atoms with E-state index in [0.29, 0.717) is 24.0 Å². The molecule has 2 aromatic rings. The second kappa shape index (κ2) is 6.60. The zero-order valence-corrected chi connectivity index (χ0v) is 11.9. The third kappa shape index (κ3) is 4.10. The highest BCUT2D eigenvalue weighted by atomic mass is 16.5. The molecule has 2 rings (SSSR count). The first-order chi connectivity index (χ1) is 10.1. The van der Waals surface area contributed by atoms with Gasteiger partial charge >= 0.3 is 0 Å². The maximum atomic E-state index is 11.1. The number of pyridine rings is 1. The molecule has 6 heteroatoms. The van der Waals surface area contributed by atoms with Gasteiger partial charge < -0.3 is 20.5 Å². The molecule has 0 saturated heterocycles. The predicted octanol–water partition coefficient (Wildman–Crippen LogP) is 2.21. The summed E-state index contributed by atoms with van der Waals surface area (Å²) in [5.41, 5.74) is 7.07. The molecule has 0 aliphatic carbocycles. The number of nitrogens with one attached hydrogen (secondary N) is 1. The Morgan fingerprint density at radius 3 is 2.86 bits per heavy atom. The van der Waals surface area contributed by atoms with Crippen molar-refractivity contribution in [1.82, 2.24) is 4.98 Å². The van der Waals surface area contributed by atoms with Gasteiger partial charge in [-0.05, 0) is 23.8 Å². The van der Waals surface area contributed by atoms with Crippen LogP contribution >= 0.6 is 0 Å². The SMILES string of the molecule is COc1cccc(COc2ccc(N)c(NC(C)=O)n2)c1. The summed E-state index contributed by atoms with van der Waals surface area (Å²) in [6, 6.07) is 10.8. The van der Waals surface area contributed by atoms with E-state index in [1.807, 2.05) is 24.3 Å². The van der Waals surface area contributed by atoms with Gasteiger partial charge in [-0.1, -0.05) is 12.1 Å². The van der Waals surface area contributed by atoms with Gasteiger partial charge in [0.2, 0.25) is 11.8 Å². The number of nitrogens with two attached hydrogens (primary N) is 1. The third-order valence-corrected chi connectivity index (χ3v) is 2.72. The summed E-state index contributed by atoms with van der Waals surface area (Å²) in [6.07, 6.45) is 0. The van der Waals surface area contributed by atoms with E-state index in [-0.39, 0.29) is 5.91 Å². The van der Waals surface area contributed by atoms with Crippen LogP contribution < -0.4 is 20.5 Å². The molecule has 0 atom stereocenters. The Balaban J connectivity index is 2.07. The predicted molar refractivity (Wildman–Crippen MR) is 80.3 cm³/mol. The molecule has 21 heavy (non-hydrogen) atoms. The van der Waals surface area contributed by atoms with E-state index in [9.17, 15) is 4.79 Å². The van der Waals surface area contributed by atoms with Gasteiger partial charge in [-0.15, -0.1) is 0 Å². The van der Waals surface area contributed by atoms with Gasteiger partial charge in [0.15, 0.2) is 5.82 Å². The Bertz CT molecular complexity index is 644. The molecule has 0 saturated carbocycles. The highest BCUT2D eigenvalue weighted by Gasteiger charge is 2.06. The first-order valence-corrected chi connectivity index (χ1v) is 6.38. The Labute approximate surface area is 122 Å². The number of hydrogen-bond acceptors (Lipinski definition) is 5. The van der Waals surface area contributed by atoms with Crippen LogP contribution in [0.5, 0.6) is 11.6 Å². The number of nitrogens with zero attached hydrogens (tertiary/aromatic N) is 1. The lowest BCUT2D eigenvalue weighted by Gasteiger charge is -2.10. The van der Waals surface area contributed by atoms with Gasteiger partial charge in [0.05, 0.1) is 12.8 Å².